The molecule has 1 aromatic heterocycles. The van der Waals surface area contributed by atoms with Gasteiger partial charge in [-0.3, -0.25) is 4.79 Å². The number of benzene rings is 1. The van der Waals surface area contributed by atoms with Gasteiger partial charge in [0.15, 0.2) is 11.9 Å². The topological polar surface area (TPSA) is 80.0 Å². The van der Waals surface area contributed by atoms with Gasteiger partial charge < -0.3 is 19.2 Å². The quantitative estimate of drug-likeness (QED) is 0.917. The molecule has 2 aromatic rings. The van der Waals surface area contributed by atoms with E-state index in [0.29, 0.717) is 22.7 Å². The molecule has 2 heterocycles. The van der Waals surface area contributed by atoms with E-state index in [1.54, 1.807) is 25.1 Å². The van der Waals surface area contributed by atoms with Crippen LogP contribution in [-0.2, 0) is 9.53 Å². The summed E-state index contributed by atoms with van der Waals surface area (Å²) in [5.41, 5.74) is 1.27. The molecule has 1 aliphatic rings. The Hall–Kier alpha value is -2.05. The first-order valence-electron chi connectivity index (χ1n) is 6.79. The third-order valence-corrected chi connectivity index (χ3v) is 3.96. The lowest BCUT2D eigenvalue weighted by atomic mass is 10.1. The Labute approximate surface area is 131 Å². The van der Waals surface area contributed by atoms with E-state index in [4.69, 9.17) is 25.9 Å². The summed E-state index contributed by atoms with van der Waals surface area (Å²) < 4.78 is 10.7. The summed E-state index contributed by atoms with van der Waals surface area (Å²) in [5.74, 6) is -1.20. The van der Waals surface area contributed by atoms with Crippen LogP contribution in [0.4, 0.5) is 0 Å². The second kappa shape index (κ2) is 5.62. The number of halogens is 1. The number of nitrogens with zero attached hydrogens (tertiary/aromatic N) is 1. The van der Waals surface area contributed by atoms with Crippen LogP contribution < -0.4 is 0 Å². The van der Waals surface area contributed by atoms with Crippen molar-refractivity contribution in [1.29, 1.82) is 0 Å². The summed E-state index contributed by atoms with van der Waals surface area (Å²) in [5, 5.41) is 10.3. The summed E-state index contributed by atoms with van der Waals surface area (Å²) in [4.78, 5) is 25.0. The summed E-state index contributed by atoms with van der Waals surface area (Å²) in [6.07, 6.45) is -1.00. The van der Waals surface area contributed by atoms with Gasteiger partial charge in [0.05, 0.1) is 13.2 Å². The van der Waals surface area contributed by atoms with E-state index < -0.39 is 12.1 Å². The van der Waals surface area contributed by atoms with Crippen LogP contribution in [0, 0.1) is 6.92 Å². The highest BCUT2D eigenvalue weighted by molar-refractivity contribution is 6.31. The predicted octanol–water partition coefficient (Wildman–Crippen LogP) is 2.32. The molecule has 1 aliphatic heterocycles. The van der Waals surface area contributed by atoms with Gasteiger partial charge in [0.1, 0.15) is 5.58 Å². The second-order valence-corrected chi connectivity index (χ2v) is 5.58. The van der Waals surface area contributed by atoms with Crippen LogP contribution in [0.25, 0.3) is 11.0 Å². The Morgan fingerprint density at radius 2 is 2.18 bits per heavy atom. The Bertz CT molecular complexity index is 754. The number of aryl methyl sites for hydroxylation is 1. The minimum Gasteiger partial charge on any atom is -0.479 e. The number of carbonyl (C=O) groups is 2. The number of rotatable bonds is 2. The molecule has 1 N–H and O–H groups in total. The summed E-state index contributed by atoms with van der Waals surface area (Å²) in [6, 6.07) is 5.14. The van der Waals surface area contributed by atoms with E-state index in [0.717, 1.165) is 5.39 Å². The normalized spacial score (nSPS) is 18.6. The Kier molecular flexibility index (Phi) is 3.80. The van der Waals surface area contributed by atoms with E-state index in [-0.39, 0.29) is 24.8 Å². The molecule has 6 nitrogen and oxygen atoms in total. The zero-order chi connectivity index (χ0) is 15.9. The molecule has 3 rings (SSSR count). The number of fused-ring (bicyclic) bond motifs is 1. The van der Waals surface area contributed by atoms with Crippen molar-refractivity contribution in [2.24, 2.45) is 0 Å². The van der Waals surface area contributed by atoms with Gasteiger partial charge in [-0.15, -0.1) is 0 Å². The Morgan fingerprint density at radius 1 is 1.41 bits per heavy atom. The van der Waals surface area contributed by atoms with Crippen LogP contribution >= 0.6 is 11.6 Å². The molecule has 1 unspecified atom stereocenters. The molecule has 0 saturated carbocycles. The number of carboxylic acids is 1. The highest BCUT2D eigenvalue weighted by Gasteiger charge is 2.31. The van der Waals surface area contributed by atoms with Crippen molar-refractivity contribution in [3.63, 3.8) is 0 Å². The maximum absolute atomic E-state index is 12.6. The predicted molar refractivity (Wildman–Crippen MR) is 79.2 cm³/mol. The zero-order valence-corrected chi connectivity index (χ0v) is 12.6. The molecular weight excluding hydrogens is 310 g/mol. The van der Waals surface area contributed by atoms with E-state index >= 15 is 0 Å². The molecular formula is C15H14ClNO5. The Balaban J connectivity index is 1.92. The van der Waals surface area contributed by atoms with Gasteiger partial charge >= 0.3 is 5.97 Å². The van der Waals surface area contributed by atoms with Crippen molar-refractivity contribution < 1.29 is 23.8 Å². The first-order chi connectivity index (χ1) is 10.5. The van der Waals surface area contributed by atoms with Crippen molar-refractivity contribution in [3.05, 3.63) is 34.5 Å². The Morgan fingerprint density at radius 3 is 2.91 bits per heavy atom. The van der Waals surface area contributed by atoms with Gasteiger partial charge in [-0.1, -0.05) is 11.6 Å². The fourth-order valence-electron chi connectivity index (χ4n) is 2.52. The highest BCUT2D eigenvalue weighted by atomic mass is 35.5. The van der Waals surface area contributed by atoms with E-state index in [1.165, 1.54) is 4.90 Å². The van der Waals surface area contributed by atoms with Crippen LogP contribution in [0.1, 0.15) is 16.1 Å². The third kappa shape index (κ3) is 2.55. The van der Waals surface area contributed by atoms with Crippen LogP contribution in [0.2, 0.25) is 5.02 Å². The third-order valence-electron chi connectivity index (χ3n) is 3.72. The van der Waals surface area contributed by atoms with E-state index in [9.17, 15) is 9.59 Å². The van der Waals surface area contributed by atoms with E-state index in [1.807, 2.05) is 0 Å². The molecule has 1 amide bonds. The largest absolute Gasteiger partial charge is 0.479 e. The standard InChI is InChI=1S/C15H14ClNO5/c1-8-10-6-9(16)2-3-11(10)22-13(8)14(18)17-4-5-21-12(7-17)15(19)20/h2-3,6,12H,4-5,7H2,1H3,(H,19,20). The molecule has 0 aliphatic carbocycles. The van der Waals surface area contributed by atoms with Crippen molar-refractivity contribution in [2.45, 2.75) is 13.0 Å². The van der Waals surface area contributed by atoms with Crippen LogP contribution in [0.5, 0.6) is 0 Å². The van der Waals surface area contributed by atoms with Gasteiger partial charge in [0.25, 0.3) is 5.91 Å². The summed E-state index contributed by atoms with van der Waals surface area (Å²) in [7, 11) is 0. The first kappa shape index (κ1) is 14.9. The number of morpholine rings is 1. The molecule has 0 bridgehead atoms. The number of ether oxygens (including phenoxy) is 1. The van der Waals surface area contributed by atoms with Gasteiger partial charge in [0.2, 0.25) is 0 Å². The fourth-order valence-corrected chi connectivity index (χ4v) is 2.70. The van der Waals surface area contributed by atoms with Gasteiger partial charge in [-0.25, -0.2) is 4.79 Å². The second-order valence-electron chi connectivity index (χ2n) is 5.15. The number of hydrogen-bond donors (Lipinski definition) is 1. The summed E-state index contributed by atoms with van der Waals surface area (Å²) >= 11 is 5.96. The number of carboxylic acid groups (broad SMARTS) is 1. The molecule has 0 radical (unpaired) electrons. The maximum Gasteiger partial charge on any atom is 0.334 e. The number of carbonyl (C=O) groups excluding carboxylic acids is 1. The number of aliphatic carboxylic acids is 1. The molecule has 1 aromatic carbocycles. The molecule has 1 atom stereocenters. The van der Waals surface area contributed by atoms with Crippen LogP contribution in [0.15, 0.2) is 22.6 Å². The molecule has 1 fully saturated rings. The SMILES string of the molecule is Cc1c(C(=O)N2CCOC(C(=O)O)C2)oc2ccc(Cl)cc12. The van der Waals surface area contributed by atoms with Gasteiger partial charge in [0, 0.05) is 22.5 Å². The van der Waals surface area contributed by atoms with Gasteiger partial charge in [-0.2, -0.15) is 0 Å². The molecule has 1 saturated heterocycles. The highest BCUT2D eigenvalue weighted by Crippen LogP contribution is 2.29. The number of hydrogen-bond acceptors (Lipinski definition) is 4. The lowest BCUT2D eigenvalue weighted by molar-refractivity contribution is -0.154. The monoisotopic (exact) mass is 323 g/mol. The summed E-state index contributed by atoms with van der Waals surface area (Å²) in [6.45, 7) is 2.31. The fraction of sp³-hybridized carbons (Fsp3) is 0.333. The van der Waals surface area contributed by atoms with Crippen LogP contribution in [0.3, 0.4) is 0 Å². The van der Waals surface area contributed by atoms with Gasteiger partial charge in [-0.05, 0) is 25.1 Å². The van der Waals surface area contributed by atoms with Crippen molar-refractivity contribution in [3.8, 4) is 0 Å². The molecule has 22 heavy (non-hydrogen) atoms. The average molecular weight is 324 g/mol. The molecule has 7 heteroatoms. The lowest BCUT2D eigenvalue weighted by Gasteiger charge is -2.30. The average Bonchev–Trinajstić information content (AvgIpc) is 2.83. The van der Waals surface area contributed by atoms with Crippen molar-refractivity contribution in [2.75, 3.05) is 19.7 Å². The number of furan rings is 1. The van der Waals surface area contributed by atoms with Crippen molar-refractivity contribution in [1.82, 2.24) is 4.90 Å². The van der Waals surface area contributed by atoms with E-state index in [2.05, 4.69) is 0 Å². The van der Waals surface area contributed by atoms with Crippen LogP contribution in [-0.4, -0.2) is 47.7 Å². The minimum atomic E-state index is -1.08. The zero-order valence-electron chi connectivity index (χ0n) is 11.8. The molecule has 116 valence electrons. The smallest absolute Gasteiger partial charge is 0.334 e. The maximum atomic E-state index is 12.6. The first-order valence-corrected chi connectivity index (χ1v) is 7.17. The molecule has 0 spiro atoms. The van der Waals surface area contributed by atoms with Crippen molar-refractivity contribution >= 4 is 34.4 Å². The number of amides is 1. The minimum absolute atomic E-state index is 0.00537. The lowest BCUT2D eigenvalue weighted by Crippen LogP contribution is -2.48.